The Kier molecular flexibility index (Phi) is 5.95. The number of rotatable bonds is 5. The Morgan fingerprint density at radius 3 is 2.71 bits per heavy atom. The molecule has 1 aliphatic rings. The van der Waals surface area contributed by atoms with Crippen LogP contribution in [0.15, 0.2) is 0 Å². The number of carbonyl (C=O) groups is 1. The molecule has 8 heteroatoms. The van der Waals surface area contributed by atoms with Crippen LogP contribution in [0.4, 0.5) is 11.8 Å². The van der Waals surface area contributed by atoms with Gasteiger partial charge in [-0.3, -0.25) is 4.79 Å². The van der Waals surface area contributed by atoms with Gasteiger partial charge >= 0.3 is 0 Å². The number of nitrogens with zero attached hydrogens (tertiary/aromatic N) is 4. The second-order valence-electron chi connectivity index (χ2n) is 6.36. The number of aliphatic hydroxyl groups excluding tert-OH is 1. The summed E-state index contributed by atoms with van der Waals surface area (Å²) >= 11 is 0. The van der Waals surface area contributed by atoms with Crippen molar-refractivity contribution in [3.05, 3.63) is 11.3 Å². The molecule has 134 valence electrons. The van der Waals surface area contributed by atoms with Gasteiger partial charge in [-0.05, 0) is 20.3 Å². The number of anilines is 2. The minimum Gasteiger partial charge on any atom is -0.389 e. The number of likely N-dealkylation sites (tertiary alicyclic amines) is 1. The summed E-state index contributed by atoms with van der Waals surface area (Å²) in [6.45, 7) is 4.82. The first kappa shape index (κ1) is 18.4. The van der Waals surface area contributed by atoms with Crippen LogP contribution in [0, 0.1) is 13.8 Å². The summed E-state index contributed by atoms with van der Waals surface area (Å²) in [5.74, 6) is 1.26. The van der Waals surface area contributed by atoms with E-state index < -0.39 is 6.10 Å². The van der Waals surface area contributed by atoms with Gasteiger partial charge in [0.25, 0.3) is 0 Å². The van der Waals surface area contributed by atoms with Crippen LogP contribution >= 0.6 is 0 Å². The molecule has 1 saturated heterocycles. The molecule has 2 N–H and O–H groups in total. The molecule has 0 bridgehead atoms. The topological polar surface area (TPSA) is 90.8 Å². The predicted octanol–water partition coefficient (Wildman–Crippen LogP) is 0.180. The molecule has 0 aromatic carbocycles. The minimum atomic E-state index is -0.656. The quantitative estimate of drug-likeness (QED) is 0.792. The maximum absolute atomic E-state index is 11.9. The molecular formula is C16H27N5O3. The van der Waals surface area contributed by atoms with E-state index in [0.29, 0.717) is 25.5 Å². The molecule has 1 aromatic heterocycles. The Balaban J connectivity index is 2.08. The van der Waals surface area contributed by atoms with Crippen molar-refractivity contribution in [1.29, 1.82) is 0 Å². The number of piperidine rings is 1. The van der Waals surface area contributed by atoms with Gasteiger partial charge in [-0.2, -0.15) is 4.98 Å². The Bertz CT molecular complexity index is 593. The Morgan fingerprint density at radius 1 is 1.42 bits per heavy atom. The molecular weight excluding hydrogens is 310 g/mol. The number of ether oxygens (including phenoxy) is 1. The number of hydrogen-bond donors (Lipinski definition) is 2. The first-order chi connectivity index (χ1) is 11.3. The summed E-state index contributed by atoms with van der Waals surface area (Å²) in [5, 5.41) is 13.7. The van der Waals surface area contributed by atoms with Gasteiger partial charge in [0.1, 0.15) is 12.4 Å². The van der Waals surface area contributed by atoms with Crippen molar-refractivity contribution in [2.45, 2.75) is 32.4 Å². The lowest BCUT2D eigenvalue weighted by Crippen LogP contribution is -2.52. The maximum Gasteiger partial charge on any atom is 0.248 e. The van der Waals surface area contributed by atoms with E-state index in [1.165, 1.54) is 7.11 Å². The van der Waals surface area contributed by atoms with Crippen LogP contribution in [0.1, 0.15) is 17.7 Å². The third-order valence-electron chi connectivity index (χ3n) is 4.30. The van der Waals surface area contributed by atoms with Crippen LogP contribution in [0.25, 0.3) is 0 Å². The van der Waals surface area contributed by atoms with Crippen molar-refractivity contribution in [2.75, 3.05) is 51.1 Å². The first-order valence-corrected chi connectivity index (χ1v) is 8.07. The number of aliphatic hydroxyl groups is 1. The van der Waals surface area contributed by atoms with Gasteiger partial charge < -0.3 is 25.0 Å². The molecule has 1 fully saturated rings. The van der Waals surface area contributed by atoms with Gasteiger partial charge in [0.05, 0.1) is 12.1 Å². The highest BCUT2D eigenvalue weighted by atomic mass is 16.5. The summed E-state index contributed by atoms with van der Waals surface area (Å²) in [5.41, 5.74) is 1.86. The van der Waals surface area contributed by atoms with Crippen LogP contribution < -0.4 is 10.2 Å². The van der Waals surface area contributed by atoms with Crippen LogP contribution in [0.2, 0.25) is 0 Å². The number of aromatic nitrogens is 2. The van der Waals surface area contributed by atoms with Crippen molar-refractivity contribution in [3.63, 3.8) is 0 Å². The average molecular weight is 337 g/mol. The first-order valence-electron chi connectivity index (χ1n) is 8.07. The SMILES string of the molecule is COCC(=O)N1CC[C@@H](Nc2nc(N(C)C)nc(C)c2C)[C@H](O)C1. The summed E-state index contributed by atoms with van der Waals surface area (Å²) in [7, 11) is 5.27. The number of hydrogen-bond acceptors (Lipinski definition) is 7. The number of β-amino-alcohol motifs (C(OH)–C–C–N with tert-alkyl or cyclic N) is 1. The number of nitrogens with one attached hydrogen (secondary N) is 1. The second-order valence-corrected chi connectivity index (χ2v) is 6.36. The zero-order chi connectivity index (χ0) is 17.9. The van der Waals surface area contributed by atoms with Crippen molar-refractivity contribution < 1.29 is 14.6 Å². The van der Waals surface area contributed by atoms with Crippen LogP contribution in [-0.2, 0) is 9.53 Å². The highest BCUT2D eigenvalue weighted by molar-refractivity contribution is 5.77. The van der Waals surface area contributed by atoms with Gasteiger partial charge in [0.2, 0.25) is 11.9 Å². The molecule has 0 radical (unpaired) electrons. The molecule has 0 aliphatic carbocycles. The Morgan fingerprint density at radius 2 is 2.12 bits per heavy atom. The van der Waals surface area contributed by atoms with E-state index in [9.17, 15) is 9.90 Å². The molecule has 1 amide bonds. The molecule has 24 heavy (non-hydrogen) atoms. The number of carbonyl (C=O) groups excluding carboxylic acids is 1. The number of amides is 1. The summed E-state index contributed by atoms with van der Waals surface area (Å²) in [6, 6.07) is -0.153. The van der Waals surface area contributed by atoms with E-state index in [4.69, 9.17) is 4.74 Å². The van der Waals surface area contributed by atoms with Gasteiger partial charge in [0, 0.05) is 45.6 Å². The standard InChI is InChI=1S/C16H27N5O3/c1-10-11(2)17-16(20(3)4)19-15(10)18-12-6-7-21(8-13(12)22)14(23)9-24-5/h12-13,22H,6-9H2,1-5H3,(H,17,18,19)/t12-,13-/m1/s1. The van der Waals surface area contributed by atoms with E-state index in [1.807, 2.05) is 32.8 Å². The highest BCUT2D eigenvalue weighted by Gasteiger charge is 2.30. The third kappa shape index (κ3) is 4.12. The normalized spacial score (nSPS) is 20.8. The van der Waals surface area contributed by atoms with Crippen molar-refractivity contribution in [3.8, 4) is 0 Å². The smallest absolute Gasteiger partial charge is 0.248 e. The maximum atomic E-state index is 11.9. The van der Waals surface area contributed by atoms with Gasteiger partial charge in [0.15, 0.2) is 0 Å². The fourth-order valence-corrected chi connectivity index (χ4v) is 2.67. The van der Waals surface area contributed by atoms with E-state index in [1.54, 1.807) is 4.90 Å². The lowest BCUT2D eigenvalue weighted by atomic mass is 10.0. The third-order valence-corrected chi connectivity index (χ3v) is 4.30. The van der Waals surface area contributed by atoms with Crippen molar-refractivity contribution in [2.24, 2.45) is 0 Å². The lowest BCUT2D eigenvalue weighted by Gasteiger charge is -2.36. The molecule has 0 spiro atoms. The molecule has 0 saturated carbocycles. The molecule has 2 rings (SSSR count). The van der Waals surface area contributed by atoms with Crippen LogP contribution in [0.3, 0.4) is 0 Å². The fraction of sp³-hybridized carbons (Fsp3) is 0.688. The monoisotopic (exact) mass is 337 g/mol. The van der Waals surface area contributed by atoms with Crippen LogP contribution in [0.5, 0.6) is 0 Å². The number of methoxy groups -OCH3 is 1. The van der Waals surface area contributed by atoms with E-state index in [-0.39, 0.29) is 18.6 Å². The van der Waals surface area contributed by atoms with E-state index in [0.717, 1.165) is 17.1 Å². The molecule has 0 unspecified atom stereocenters. The zero-order valence-electron chi connectivity index (χ0n) is 15.0. The lowest BCUT2D eigenvalue weighted by molar-refractivity contribution is -0.138. The summed E-state index contributed by atoms with van der Waals surface area (Å²) < 4.78 is 4.87. The Labute approximate surface area is 142 Å². The van der Waals surface area contributed by atoms with E-state index in [2.05, 4.69) is 15.3 Å². The number of aryl methyl sites for hydroxylation is 1. The molecule has 1 aliphatic heterocycles. The summed E-state index contributed by atoms with van der Waals surface area (Å²) in [4.78, 5) is 24.3. The highest BCUT2D eigenvalue weighted by Crippen LogP contribution is 2.22. The predicted molar refractivity (Wildman–Crippen MR) is 92.3 cm³/mol. The molecule has 2 atom stereocenters. The van der Waals surface area contributed by atoms with Gasteiger partial charge in [-0.15, -0.1) is 0 Å². The molecule has 1 aromatic rings. The van der Waals surface area contributed by atoms with Gasteiger partial charge in [-0.25, -0.2) is 4.98 Å². The molecule has 2 heterocycles. The minimum absolute atomic E-state index is 0.0429. The fourth-order valence-electron chi connectivity index (χ4n) is 2.67. The van der Waals surface area contributed by atoms with Gasteiger partial charge in [-0.1, -0.05) is 0 Å². The van der Waals surface area contributed by atoms with Crippen molar-refractivity contribution >= 4 is 17.7 Å². The molecule has 8 nitrogen and oxygen atoms in total. The average Bonchev–Trinajstić information content (AvgIpc) is 2.53. The Hall–Kier alpha value is -1.93. The van der Waals surface area contributed by atoms with Crippen molar-refractivity contribution in [1.82, 2.24) is 14.9 Å². The second kappa shape index (κ2) is 7.76. The summed E-state index contributed by atoms with van der Waals surface area (Å²) in [6.07, 6.45) is -0.00631. The zero-order valence-corrected chi connectivity index (χ0v) is 15.0. The largest absolute Gasteiger partial charge is 0.389 e. The van der Waals surface area contributed by atoms with Crippen LogP contribution in [-0.4, -0.2) is 78.9 Å². The van der Waals surface area contributed by atoms with E-state index >= 15 is 0 Å².